The molecular weight excluding hydrogens is 264 g/mol. The highest BCUT2D eigenvalue weighted by atomic mass is 16.2. The molecule has 0 aliphatic carbocycles. The molecule has 1 fully saturated rings. The molecule has 0 radical (unpaired) electrons. The molecule has 1 aliphatic heterocycles. The average molecular weight is 282 g/mol. The molecule has 5 heteroatoms. The van der Waals surface area contributed by atoms with E-state index in [2.05, 4.69) is 27.0 Å². The Labute approximate surface area is 124 Å². The molecule has 3 rings (SSSR count). The number of piperazine rings is 1. The van der Waals surface area contributed by atoms with Crippen LogP contribution in [0.1, 0.15) is 18.5 Å². The Kier molecular flexibility index (Phi) is 3.81. The third-order valence-electron chi connectivity index (χ3n) is 3.84. The maximum absolute atomic E-state index is 11.9. The second-order valence-corrected chi connectivity index (χ2v) is 5.15. The number of aromatic nitrogens is 2. The van der Waals surface area contributed by atoms with E-state index in [0.29, 0.717) is 6.54 Å². The molecule has 1 aromatic carbocycles. The van der Waals surface area contributed by atoms with Crippen molar-refractivity contribution in [3.8, 4) is 0 Å². The summed E-state index contributed by atoms with van der Waals surface area (Å²) in [7, 11) is 0. The van der Waals surface area contributed by atoms with Gasteiger partial charge in [-0.1, -0.05) is 30.3 Å². The first kappa shape index (κ1) is 13.5. The van der Waals surface area contributed by atoms with E-state index in [1.54, 1.807) is 25.5 Å². The number of amides is 1. The molecule has 5 nitrogen and oxygen atoms in total. The van der Waals surface area contributed by atoms with Crippen molar-refractivity contribution in [2.24, 2.45) is 0 Å². The monoisotopic (exact) mass is 282 g/mol. The van der Waals surface area contributed by atoms with Crippen LogP contribution in [0, 0.1) is 0 Å². The number of carbonyl (C=O) groups is 1. The summed E-state index contributed by atoms with van der Waals surface area (Å²) in [6.07, 6.45) is 5.14. The third-order valence-corrected chi connectivity index (χ3v) is 3.84. The van der Waals surface area contributed by atoms with E-state index in [1.807, 2.05) is 23.1 Å². The lowest BCUT2D eigenvalue weighted by molar-refractivity contribution is -0.131. The maximum atomic E-state index is 11.9. The van der Waals surface area contributed by atoms with Gasteiger partial charge >= 0.3 is 0 Å². The topological polar surface area (TPSA) is 49.3 Å². The molecule has 1 unspecified atom stereocenters. The van der Waals surface area contributed by atoms with E-state index in [0.717, 1.165) is 24.5 Å². The summed E-state index contributed by atoms with van der Waals surface area (Å²) in [5.41, 5.74) is 1.15. The summed E-state index contributed by atoms with van der Waals surface area (Å²) in [6, 6.07) is 10.2. The van der Waals surface area contributed by atoms with Gasteiger partial charge < -0.3 is 9.80 Å². The molecule has 21 heavy (non-hydrogen) atoms. The number of hydrogen-bond acceptors (Lipinski definition) is 4. The Morgan fingerprint density at radius 3 is 2.67 bits per heavy atom. The standard InChI is InChI=1S/C16H18N4O/c1-13(21)20-10-9-19(16-11-17-7-8-18-16)12-15(20)14-5-3-2-4-6-14/h2-8,11,15H,9-10,12H2,1H3. The lowest BCUT2D eigenvalue weighted by Gasteiger charge is -2.41. The number of carbonyl (C=O) groups excluding carboxylic acids is 1. The second kappa shape index (κ2) is 5.91. The molecule has 0 N–H and O–H groups in total. The van der Waals surface area contributed by atoms with Crippen LogP contribution >= 0.6 is 0 Å². The zero-order valence-corrected chi connectivity index (χ0v) is 12.0. The Bertz CT molecular complexity index is 602. The van der Waals surface area contributed by atoms with Crippen molar-refractivity contribution in [2.75, 3.05) is 24.5 Å². The van der Waals surface area contributed by atoms with E-state index in [-0.39, 0.29) is 11.9 Å². The van der Waals surface area contributed by atoms with Gasteiger partial charge in [-0.05, 0) is 5.56 Å². The molecular formula is C16H18N4O. The van der Waals surface area contributed by atoms with Crippen LogP contribution in [-0.4, -0.2) is 40.4 Å². The van der Waals surface area contributed by atoms with E-state index < -0.39 is 0 Å². The van der Waals surface area contributed by atoms with Gasteiger partial charge in [0.25, 0.3) is 0 Å². The Balaban J connectivity index is 1.87. The van der Waals surface area contributed by atoms with Gasteiger partial charge in [0, 0.05) is 39.0 Å². The molecule has 0 spiro atoms. The Morgan fingerprint density at radius 2 is 2.00 bits per heavy atom. The molecule has 0 saturated carbocycles. The smallest absolute Gasteiger partial charge is 0.220 e. The summed E-state index contributed by atoms with van der Waals surface area (Å²) in [6.45, 7) is 3.85. The fourth-order valence-corrected chi connectivity index (χ4v) is 2.78. The number of rotatable bonds is 2. The summed E-state index contributed by atoms with van der Waals surface area (Å²) in [5.74, 6) is 0.976. The number of nitrogens with zero attached hydrogens (tertiary/aromatic N) is 4. The second-order valence-electron chi connectivity index (χ2n) is 5.15. The molecule has 108 valence electrons. The first-order valence-corrected chi connectivity index (χ1v) is 7.09. The van der Waals surface area contributed by atoms with Crippen molar-refractivity contribution in [1.29, 1.82) is 0 Å². The molecule has 1 aromatic heterocycles. The van der Waals surface area contributed by atoms with E-state index in [4.69, 9.17) is 0 Å². The highest BCUT2D eigenvalue weighted by molar-refractivity contribution is 5.74. The van der Waals surface area contributed by atoms with E-state index in [1.165, 1.54) is 0 Å². The lowest BCUT2D eigenvalue weighted by atomic mass is 10.0. The molecule has 2 aromatic rings. The zero-order valence-electron chi connectivity index (χ0n) is 12.0. The van der Waals surface area contributed by atoms with Crippen LogP contribution in [0.15, 0.2) is 48.9 Å². The maximum Gasteiger partial charge on any atom is 0.220 e. The van der Waals surface area contributed by atoms with Crippen molar-refractivity contribution in [3.05, 3.63) is 54.5 Å². The quantitative estimate of drug-likeness (QED) is 0.844. The van der Waals surface area contributed by atoms with Crippen molar-refractivity contribution < 1.29 is 4.79 Å². The zero-order chi connectivity index (χ0) is 14.7. The SMILES string of the molecule is CC(=O)N1CCN(c2cnccn2)CC1c1ccccc1. The molecule has 1 saturated heterocycles. The largest absolute Gasteiger partial charge is 0.351 e. The highest BCUT2D eigenvalue weighted by Gasteiger charge is 2.30. The van der Waals surface area contributed by atoms with Gasteiger partial charge in [-0.25, -0.2) is 4.98 Å². The van der Waals surface area contributed by atoms with Gasteiger partial charge in [-0.15, -0.1) is 0 Å². The predicted molar refractivity (Wildman–Crippen MR) is 80.8 cm³/mol. The van der Waals surface area contributed by atoms with Crippen LogP contribution < -0.4 is 4.90 Å². The minimum atomic E-state index is 0.0551. The van der Waals surface area contributed by atoms with Crippen molar-refractivity contribution in [2.45, 2.75) is 13.0 Å². The van der Waals surface area contributed by atoms with Crippen LogP contribution in [-0.2, 0) is 4.79 Å². The predicted octanol–water partition coefficient (Wildman–Crippen LogP) is 1.89. The summed E-state index contributed by atoms with van der Waals surface area (Å²) in [5, 5.41) is 0. The summed E-state index contributed by atoms with van der Waals surface area (Å²) in [4.78, 5) is 24.5. The summed E-state index contributed by atoms with van der Waals surface area (Å²) >= 11 is 0. The average Bonchev–Trinajstić information content (AvgIpc) is 2.56. The van der Waals surface area contributed by atoms with Gasteiger partial charge in [0.05, 0.1) is 12.2 Å². The Morgan fingerprint density at radius 1 is 1.19 bits per heavy atom. The van der Waals surface area contributed by atoms with Crippen LogP contribution in [0.4, 0.5) is 5.82 Å². The first-order chi connectivity index (χ1) is 10.3. The van der Waals surface area contributed by atoms with Crippen molar-refractivity contribution in [1.82, 2.24) is 14.9 Å². The molecule has 1 aliphatic rings. The van der Waals surface area contributed by atoms with Gasteiger partial charge in [0.2, 0.25) is 5.91 Å². The van der Waals surface area contributed by atoms with E-state index >= 15 is 0 Å². The van der Waals surface area contributed by atoms with Crippen LogP contribution in [0.25, 0.3) is 0 Å². The van der Waals surface area contributed by atoms with Crippen LogP contribution in [0.3, 0.4) is 0 Å². The molecule has 1 atom stereocenters. The van der Waals surface area contributed by atoms with Crippen LogP contribution in [0.5, 0.6) is 0 Å². The summed E-state index contributed by atoms with van der Waals surface area (Å²) < 4.78 is 0. The highest BCUT2D eigenvalue weighted by Crippen LogP contribution is 2.27. The van der Waals surface area contributed by atoms with Gasteiger partial charge in [0.1, 0.15) is 5.82 Å². The van der Waals surface area contributed by atoms with Crippen molar-refractivity contribution >= 4 is 11.7 Å². The minimum Gasteiger partial charge on any atom is -0.351 e. The van der Waals surface area contributed by atoms with Gasteiger partial charge in [0.15, 0.2) is 0 Å². The molecule has 1 amide bonds. The number of hydrogen-bond donors (Lipinski definition) is 0. The van der Waals surface area contributed by atoms with Gasteiger partial charge in [-0.2, -0.15) is 0 Å². The van der Waals surface area contributed by atoms with E-state index in [9.17, 15) is 4.79 Å². The molecule has 0 bridgehead atoms. The lowest BCUT2D eigenvalue weighted by Crippen LogP contribution is -2.50. The third kappa shape index (κ3) is 2.86. The number of benzene rings is 1. The Hall–Kier alpha value is -2.43. The fourth-order valence-electron chi connectivity index (χ4n) is 2.78. The molecule has 2 heterocycles. The van der Waals surface area contributed by atoms with Crippen LogP contribution in [0.2, 0.25) is 0 Å². The first-order valence-electron chi connectivity index (χ1n) is 7.09. The fraction of sp³-hybridized carbons (Fsp3) is 0.312. The van der Waals surface area contributed by atoms with Gasteiger partial charge in [-0.3, -0.25) is 9.78 Å². The minimum absolute atomic E-state index is 0.0551. The number of anilines is 1. The van der Waals surface area contributed by atoms with Crippen molar-refractivity contribution in [3.63, 3.8) is 0 Å². The normalized spacial score (nSPS) is 18.6.